The van der Waals surface area contributed by atoms with Crippen LogP contribution in [0.2, 0.25) is 0 Å². The smallest absolute Gasteiger partial charge is 0.383 e. The molecule has 7 heteroatoms. The van der Waals surface area contributed by atoms with E-state index >= 15 is 0 Å². The highest BCUT2D eigenvalue weighted by molar-refractivity contribution is 5.94. The van der Waals surface area contributed by atoms with Gasteiger partial charge in [-0.15, -0.1) is 0 Å². The molecular weight excluding hydrogens is 497 g/mol. The number of amidine groups is 1. The van der Waals surface area contributed by atoms with Crippen molar-refractivity contribution in [3.8, 4) is 0 Å². The summed E-state index contributed by atoms with van der Waals surface area (Å²) >= 11 is 0. The molecule has 2 unspecified atom stereocenters. The average molecular weight is 545 g/mol. The topological polar surface area (TPSA) is 48.5 Å². The van der Waals surface area contributed by atoms with Gasteiger partial charge in [-0.05, 0) is 50.1 Å². The Balaban J connectivity index is 0.000000417. The number of aliphatic imine (C=N–C) groups is 1. The van der Waals surface area contributed by atoms with Crippen LogP contribution >= 0.6 is 0 Å². The largest absolute Gasteiger partial charge is 0.416 e. The molecule has 0 aromatic heterocycles. The zero-order chi connectivity index (χ0) is 29.3. The van der Waals surface area contributed by atoms with Crippen LogP contribution in [0.25, 0.3) is 0 Å². The second-order valence-electron chi connectivity index (χ2n) is 9.15. The van der Waals surface area contributed by atoms with Crippen LogP contribution in [0.3, 0.4) is 0 Å². The van der Waals surface area contributed by atoms with Crippen LogP contribution in [0, 0.1) is 13.8 Å². The van der Waals surface area contributed by atoms with Gasteiger partial charge in [0.25, 0.3) is 0 Å². The highest BCUT2D eigenvalue weighted by Crippen LogP contribution is 2.35. The van der Waals surface area contributed by atoms with E-state index in [0.29, 0.717) is 5.84 Å². The predicted molar refractivity (Wildman–Crippen MR) is 160 cm³/mol. The minimum atomic E-state index is -4.41. The fraction of sp³-hybridized carbons (Fsp3) is 0.469. The Morgan fingerprint density at radius 3 is 1.95 bits per heavy atom. The van der Waals surface area contributed by atoms with E-state index in [1.165, 1.54) is 42.5 Å². The van der Waals surface area contributed by atoms with Gasteiger partial charge >= 0.3 is 6.18 Å². The molecule has 0 amide bonds. The molecule has 0 aliphatic carbocycles. The van der Waals surface area contributed by atoms with Crippen molar-refractivity contribution in [1.29, 1.82) is 0 Å². The fourth-order valence-corrected chi connectivity index (χ4v) is 3.95. The lowest BCUT2D eigenvalue weighted by Gasteiger charge is -2.34. The summed E-state index contributed by atoms with van der Waals surface area (Å²) < 4.78 is 39.9. The minimum Gasteiger partial charge on any atom is -0.383 e. The van der Waals surface area contributed by atoms with E-state index in [2.05, 4.69) is 72.9 Å². The van der Waals surface area contributed by atoms with Gasteiger partial charge in [0.1, 0.15) is 12.0 Å². The molecule has 4 rings (SSSR count). The molecule has 0 bridgehead atoms. The number of aryl methyl sites for hydroxylation is 2. The van der Waals surface area contributed by atoms with Crippen LogP contribution in [-0.2, 0) is 6.18 Å². The Labute approximate surface area is 233 Å². The summed E-state index contributed by atoms with van der Waals surface area (Å²) in [5, 5.41) is 9.44. The highest BCUT2D eigenvalue weighted by atomic mass is 19.4. The summed E-state index contributed by atoms with van der Waals surface area (Å²) in [6.45, 7) is 12.7. The quantitative estimate of drug-likeness (QED) is 0.361. The van der Waals surface area contributed by atoms with Crippen molar-refractivity contribution in [2.75, 3.05) is 7.05 Å². The Hall–Kier alpha value is -3.22. The third-order valence-electron chi connectivity index (χ3n) is 6.26. The summed E-state index contributed by atoms with van der Waals surface area (Å²) in [6, 6.07) is 14.0. The summed E-state index contributed by atoms with van der Waals surface area (Å²) in [5.74, 6) is 0.557. The SMILES string of the molecule is CC.CCCCC.CN=C1C=C(C2CCC=CN2)NC(c2ccccc2C(F)(F)F)N1.Cc1ccccc1C. The first-order valence-electron chi connectivity index (χ1n) is 14.0. The first kappa shape index (κ1) is 33.8. The van der Waals surface area contributed by atoms with Crippen molar-refractivity contribution < 1.29 is 13.2 Å². The number of halogens is 3. The zero-order valence-electron chi connectivity index (χ0n) is 24.6. The molecule has 2 aliphatic heterocycles. The lowest BCUT2D eigenvalue weighted by atomic mass is 9.99. The minimum absolute atomic E-state index is 0.0365. The molecule has 0 saturated carbocycles. The maximum atomic E-state index is 13.3. The van der Waals surface area contributed by atoms with E-state index in [9.17, 15) is 13.2 Å². The molecule has 2 aromatic rings. The molecule has 39 heavy (non-hydrogen) atoms. The molecule has 0 fully saturated rings. The van der Waals surface area contributed by atoms with E-state index in [1.54, 1.807) is 13.1 Å². The number of unbranched alkanes of at least 4 members (excludes halogenated alkanes) is 2. The molecular formula is C32H47F3N4. The van der Waals surface area contributed by atoms with Gasteiger partial charge in [-0.25, -0.2) is 0 Å². The lowest BCUT2D eigenvalue weighted by molar-refractivity contribution is -0.138. The maximum absolute atomic E-state index is 13.3. The molecule has 0 spiro atoms. The lowest BCUT2D eigenvalue weighted by Crippen LogP contribution is -2.47. The third-order valence-corrected chi connectivity index (χ3v) is 6.26. The average Bonchev–Trinajstić information content (AvgIpc) is 2.96. The van der Waals surface area contributed by atoms with E-state index in [-0.39, 0.29) is 11.6 Å². The van der Waals surface area contributed by atoms with Crippen LogP contribution in [0.15, 0.2) is 77.6 Å². The fourth-order valence-electron chi connectivity index (χ4n) is 3.95. The molecule has 2 heterocycles. The molecule has 2 aliphatic rings. The van der Waals surface area contributed by atoms with E-state index < -0.39 is 17.9 Å². The van der Waals surface area contributed by atoms with Crippen LogP contribution in [0.4, 0.5) is 13.2 Å². The monoisotopic (exact) mass is 544 g/mol. The van der Waals surface area contributed by atoms with Gasteiger partial charge in [-0.3, -0.25) is 4.99 Å². The molecule has 0 saturated heterocycles. The number of alkyl halides is 3. The number of nitrogens with zero attached hydrogens (tertiary/aromatic N) is 1. The second kappa shape index (κ2) is 18.1. The first-order chi connectivity index (χ1) is 18.7. The van der Waals surface area contributed by atoms with Gasteiger partial charge in [0.05, 0.1) is 11.6 Å². The Kier molecular flexibility index (Phi) is 15.7. The summed E-state index contributed by atoms with van der Waals surface area (Å²) in [4.78, 5) is 4.12. The predicted octanol–water partition coefficient (Wildman–Crippen LogP) is 8.60. The van der Waals surface area contributed by atoms with Crippen molar-refractivity contribution in [3.05, 3.63) is 94.8 Å². The Bertz CT molecular complexity index is 1030. The van der Waals surface area contributed by atoms with Gasteiger partial charge in [0, 0.05) is 24.4 Å². The highest BCUT2D eigenvalue weighted by Gasteiger charge is 2.36. The molecule has 216 valence electrons. The van der Waals surface area contributed by atoms with E-state index in [1.807, 2.05) is 32.2 Å². The van der Waals surface area contributed by atoms with Gasteiger partial charge in [0.15, 0.2) is 0 Å². The first-order valence-corrected chi connectivity index (χ1v) is 14.0. The third kappa shape index (κ3) is 11.6. The van der Waals surface area contributed by atoms with Crippen molar-refractivity contribution >= 4 is 5.84 Å². The number of nitrogens with one attached hydrogen (secondary N) is 3. The van der Waals surface area contributed by atoms with Gasteiger partial charge in [-0.1, -0.05) is 95.5 Å². The molecule has 4 nitrogen and oxygen atoms in total. The second-order valence-corrected chi connectivity index (χ2v) is 9.15. The normalized spacial score (nSPS) is 18.8. The molecule has 3 N–H and O–H groups in total. The number of hydrogen-bond donors (Lipinski definition) is 3. The van der Waals surface area contributed by atoms with Crippen LogP contribution in [0.1, 0.15) is 88.2 Å². The van der Waals surface area contributed by atoms with E-state index in [4.69, 9.17) is 0 Å². The van der Waals surface area contributed by atoms with Gasteiger partial charge < -0.3 is 16.0 Å². The molecule has 2 aromatic carbocycles. The molecule has 2 atom stereocenters. The van der Waals surface area contributed by atoms with Gasteiger partial charge in [-0.2, -0.15) is 13.2 Å². The van der Waals surface area contributed by atoms with Crippen LogP contribution in [0.5, 0.6) is 0 Å². The molecule has 0 radical (unpaired) electrons. The van der Waals surface area contributed by atoms with Crippen molar-refractivity contribution in [1.82, 2.24) is 16.0 Å². The summed E-state index contributed by atoms with van der Waals surface area (Å²) in [6.07, 6.45) is 6.53. The van der Waals surface area contributed by atoms with Crippen molar-refractivity contribution in [3.63, 3.8) is 0 Å². The number of benzene rings is 2. The van der Waals surface area contributed by atoms with Crippen molar-refractivity contribution in [2.24, 2.45) is 4.99 Å². The standard InChI is InChI=1S/C17H19F3N4.C8H10.C5H12.C2H6/c1-21-15-10-14(13-8-4-5-9-22-13)23-16(24-15)11-6-2-3-7-12(11)17(18,19)20;1-7-5-3-4-6-8(7)2;1-3-5-4-2;1-2/h2-3,5-7,9-10,13,16,22-23H,4,8H2,1H3,(H,21,24);3-6H,1-2H3;3-5H2,1-2H3;1-2H3. The van der Waals surface area contributed by atoms with Crippen LogP contribution in [-0.4, -0.2) is 18.9 Å². The Morgan fingerprint density at radius 1 is 0.897 bits per heavy atom. The van der Waals surface area contributed by atoms with Gasteiger partial charge in [0.2, 0.25) is 0 Å². The summed E-state index contributed by atoms with van der Waals surface area (Å²) in [7, 11) is 1.61. The van der Waals surface area contributed by atoms with E-state index in [0.717, 1.165) is 24.6 Å². The summed E-state index contributed by atoms with van der Waals surface area (Å²) in [5.41, 5.74) is 3.08. The number of hydrogen-bond acceptors (Lipinski definition) is 3. The van der Waals surface area contributed by atoms with Crippen LogP contribution < -0.4 is 16.0 Å². The maximum Gasteiger partial charge on any atom is 0.416 e. The number of allylic oxidation sites excluding steroid dienone is 1. The number of rotatable bonds is 4. The zero-order valence-corrected chi connectivity index (χ0v) is 24.6. The van der Waals surface area contributed by atoms with Crippen molar-refractivity contribution in [2.45, 2.75) is 92.0 Å². The Morgan fingerprint density at radius 2 is 1.49 bits per heavy atom.